The second-order valence-electron chi connectivity index (χ2n) is 5.89. The molecule has 2 aromatic heterocycles. The van der Waals surface area contributed by atoms with Gasteiger partial charge in [0.25, 0.3) is 5.56 Å². The largest absolute Gasteiger partial charge is 0.431 e. The topological polar surface area (TPSA) is 114 Å². The van der Waals surface area contributed by atoms with Gasteiger partial charge >= 0.3 is 17.8 Å². The van der Waals surface area contributed by atoms with Crippen LogP contribution in [0, 0.1) is 0 Å². The van der Waals surface area contributed by atoms with Crippen molar-refractivity contribution in [2.45, 2.75) is 19.5 Å². The summed E-state index contributed by atoms with van der Waals surface area (Å²) in [6.45, 7) is 1.56. The molecule has 3 aromatic rings. The molecule has 1 aromatic carbocycles. The van der Waals surface area contributed by atoms with Crippen LogP contribution in [-0.4, -0.2) is 35.5 Å². The molecule has 0 bridgehead atoms. The third-order valence-electron chi connectivity index (χ3n) is 3.93. The van der Waals surface area contributed by atoms with Gasteiger partial charge in [0.2, 0.25) is 5.82 Å². The van der Waals surface area contributed by atoms with Crippen molar-refractivity contribution in [3.63, 3.8) is 0 Å². The maximum atomic E-state index is 13.0. The average Bonchev–Trinajstić information content (AvgIpc) is 3.13. The summed E-state index contributed by atoms with van der Waals surface area (Å²) in [5, 5.41) is 11.1. The lowest BCUT2D eigenvalue weighted by Crippen LogP contribution is -2.40. The summed E-state index contributed by atoms with van der Waals surface area (Å²) in [7, 11) is 0.896. The molecule has 0 saturated heterocycles. The number of carbonyl (C=O) groups is 1. The number of halogens is 4. The Hall–Kier alpha value is -3.48. The molecule has 0 amide bonds. The van der Waals surface area contributed by atoms with Crippen LogP contribution in [0.1, 0.15) is 19.0 Å². The van der Waals surface area contributed by atoms with Crippen molar-refractivity contribution in [2.75, 3.05) is 0 Å². The van der Waals surface area contributed by atoms with Crippen molar-refractivity contribution < 1.29 is 22.8 Å². The molecule has 0 aliphatic heterocycles. The molecule has 0 atom stereocenters. The molecule has 158 valence electrons. The van der Waals surface area contributed by atoms with E-state index in [-0.39, 0.29) is 28.5 Å². The first-order valence-electron chi connectivity index (χ1n) is 8.24. The Morgan fingerprint density at radius 1 is 1.23 bits per heavy atom. The molecule has 0 N–H and O–H groups in total. The predicted molar refractivity (Wildman–Crippen MR) is 96.0 cm³/mol. The highest BCUT2D eigenvalue weighted by Gasteiger charge is 2.35. The summed E-state index contributed by atoms with van der Waals surface area (Å²) in [5.74, 6) is -0.735. The smallest absolute Gasteiger partial charge is 0.301 e. The first-order chi connectivity index (χ1) is 14.0. The molecule has 0 aliphatic carbocycles. The van der Waals surface area contributed by atoms with E-state index in [9.17, 15) is 27.6 Å². The van der Waals surface area contributed by atoms with Gasteiger partial charge in [-0.05, 0) is 23.4 Å². The van der Waals surface area contributed by atoms with Gasteiger partial charge in [-0.3, -0.25) is 9.36 Å². The number of tetrazole rings is 1. The second-order valence-corrected chi connectivity index (χ2v) is 6.30. The summed E-state index contributed by atoms with van der Waals surface area (Å²) in [5.41, 5.74) is -3.76. The molecule has 2 heterocycles. The summed E-state index contributed by atoms with van der Waals surface area (Å²) in [6, 6.07) is 4.10. The zero-order chi connectivity index (χ0) is 22.2. The minimum absolute atomic E-state index is 0.0627. The molecule has 30 heavy (non-hydrogen) atoms. The van der Waals surface area contributed by atoms with Crippen molar-refractivity contribution in [1.82, 2.24) is 29.5 Å². The van der Waals surface area contributed by atoms with E-state index in [0.29, 0.717) is 20.2 Å². The van der Waals surface area contributed by atoms with Crippen molar-refractivity contribution in [3.8, 4) is 17.1 Å². The summed E-state index contributed by atoms with van der Waals surface area (Å²) in [6.07, 6.45) is -4.82. The van der Waals surface area contributed by atoms with Gasteiger partial charge in [-0.2, -0.15) is 13.2 Å². The molecule has 0 spiro atoms. The van der Waals surface area contributed by atoms with E-state index in [1.807, 2.05) is 0 Å². The minimum atomic E-state index is -4.88. The van der Waals surface area contributed by atoms with Crippen LogP contribution in [0.3, 0.4) is 0 Å². The number of rotatable bonds is 4. The maximum absolute atomic E-state index is 13.0. The number of hydrogen-bond acceptors (Lipinski definition) is 7. The average molecular weight is 445 g/mol. The van der Waals surface area contributed by atoms with Crippen molar-refractivity contribution in [2.24, 2.45) is 7.05 Å². The number of nitrogens with zero attached hydrogens (tertiary/aromatic N) is 6. The van der Waals surface area contributed by atoms with Crippen molar-refractivity contribution in [3.05, 3.63) is 55.8 Å². The van der Waals surface area contributed by atoms with Gasteiger partial charge in [0.05, 0.1) is 10.7 Å². The number of benzene rings is 1. The van der Waals surface area contributed by atoms with E-state index in [1.54, 1.807) is 6.92 Å². The highest BCUT2D eigenvalue weighted by molar-refractivity contribution is 6.33. The molecular weight excluding hydrogens is 433 g/mol. The van der Waals surface area contributed by atoms with Crippen LogP contribution in [0.4, 0.5) is 13.2 Å². The van der Waals surface area contributed by atoms with Gasteiger partial charge < -0.3 is 4.84 Å². The molecule has 14 heteroatoms. The van der Waals surface area contributed by atoms with Crippen LogP contribution in [-0.2, 0) is 18.0 Å². The SMILES string of the molecule is CCC(=O)On1nnc(-c2cc(-n3c(=O)cc(C(F)(F)F)n(C)c3=O)ccc2Cl)n1. The molecule has 10 nitrogen and oxygen atoms in total. The van der Waals surface area contributed by atoms with E-state index in [0.717, 1.165) is 7.05 Å². The van der Waals surface area contributed by atoms with Gasteiger partial charge in [0, 0.05) is 30.1 Å². The predicted octanol–water partition coefficient (Wildman–Crippen LogP) is 1.23. The summed E-state index contributed by atoms with van der Waals surface area (Å²) >= 11 is 6.11. The van der Waals surface area contributed by atoms with Gasteiger partial charge in [-0.15, -0.1) is 5.10 Å². The van der Waals surface area contributed by atoms with E-state index < -0.39 is 29.1 Å². The van der Waals surface area contributed by atoms with E-state index >= 15 is 0 Å². The van der Waals surface area contributed by atoms with Gasteiger partial charge in [-0.25, -0.2) is 14.2 Å². The fourth-order valence-electron chi connectivity index (χ4n) is 2.46. The van der Waals surface area contributed by atoms with Crippen LogP contribution < -0.4 is 16.1 Å². The lowest BCUT2D eigenvalue weighted by atomic mass is 10.2. The Bertz CT molecular complexity index is 1250. The van der Waals surface area contributed by atoms with E-state index in [2.05, 4.69) is 15.4 Å². The first-order valence-corrected chi connectivity index (χ1v) is 8.62. The minimum Gasteiger partial charge on any atom is -0.301 e. The van der Waals surface area contributed by atoms with Crippen LogP contribution in [0.25, 0.3) is 17.1 Å². The van der Waals surface area contributed by atoms with E-state index in [4.69, 9.17) is 16.4 Å². The fourth-order valence-corrected chi connectivity index (χ4v) is 2.66. The molecule has 0 aliphatic rings. The zero-order valence-electron chi connectivity index (χ0n) is 15.3. The number of hydrogen-bond donors (Lipinski definition) is 0. The Morgan fingerprint density at radius 3 is 2.57 bits per heavy atom. The second kappa shape index (κ2) is 7.74. The van der Waals surface area contributed by atoms with Crippen LogP contribution in [0.15, 0.2) is 33.9 Å². The first kappa shape index (κ1) is 21.2. The Labute approximate surface area is 170 Å². The summed E-state index contributed by atoms with van der Waals surface area (Å²) < 4.78 is 39.9. The molecule has 3 rings (SSSR count). The summed E-state index contributed by atoms with van der Waals surface area (Å²) in [4.78, 5) is 41.3. The lowest BCUT2D eigenvalue weighted by molar-refractivity contribution is -0.147. The van der Waals surface area contributed by atoms with Crippen molar-refractivity contribution in [1.29, 1.82) is 0 Å². The highest BCUT2D eigenvalue weighted by Crippen LogP contribution is 2.28. The standard InChI is InChI=1S/C16H12ClF3N6O4/c1-3-13(28)30-26-22-14(21-23-26)9-6-8(4-5-10(9)17)25-12(27)7-11(16(18,19)20)24(2)15(25)29/h4-7H,3H2,1-2H3. The van der Waals surface area contributed by atoms with Crippen LogP contribution in [0.5, 0.6) is 0 Å². The van der Waals surface area contributed by atoms with E-state index in [1.165, 1.54) is 18.2 Å². The van der Waals surface area contributed by atoms with Crippen LogP contribution in [0.2, 0.25) is 5.02 Å². The fraction of sp³-hybridized carbons (Fsp3) is 0.250. The molecular formula is C16H12ClF3N6O4. The van der Waals surface area contributed by atoms with Crippen molar-refractivity contribution >= 4 is 17.6 Å². The number of carbonyl (C=O) groups excluding carboxylic acids is 1. The third kappa shape index (κ3) is 3.96. The third-order valence-corrected chi connectivity index (χ3v) is 4.26. The molecule has 0 fully saturated rings. The molecule has 0 saturated carbocycles. The van der Waals surface area contributed by atoms with Gasteiger partial charge in [0.1, 0.15) is 5.69 Å². The highest BCUT2D eigenvalue weighted by atomic mass is 35.5. The number of aromatic nitrogens is 6. The van der Waals surface area contributed by atoms with Gasteiger partial charge in [0.15, 0.2) is 0 Å². The maximum Gasteiger partial charge on any atom is 0.431 e. The Balaban J connectivity index is 2.11. The van der Waals surface area contributed by atoms with Crippen LogP contribution >= 0.6 is 11.6 Å². The normalized spacial score (nSPS) is 11.5. The van der Waals surface area contributed by atoms with Gasteiger partial charge in [-0.1, -0.05) is 23.6 Å². The number of alkyl halides is 3. The molecule has 0 radical (unpaired) electrons. The Morgan fingerprint density at radius 2 is 1.93 bits per heavy atom. The molecule has 0 unspecified atom stereocenters. The monoisotopic (exact) mass is 444 g/mol. The zero-order valence-corrected chi connectivity index (χ0v) is 16.1. The Kier molecular flexibility index (Phi) is 5.48. The lowest BCUT2D eigenvalue weighted by Gasteiger charge is -2.14. The quantitative estimate of drug-likeness (QED) is 0.556.